The van der Waals surface area contributed by atoms with Gasteiger partial charge in [-0.3, -0.25) is 9.59 Å². The van der Waals surface area contributed by atoms with Gasteiger partial charge in [0.2, 0.25) is 5.91 Å². The van der Waals surface area contributed by atoms with E-state index in [4.69, 9.17) is 0 Å². The van der Waals surface area contributed by atoms with Gasteiger partial charge in [0.05, 0.1) is 0 Å². The summed E-state index contributed by atoms with van der Waals surface area (Å²) in [7, 11) is 0. The fourth-order valence-electron chi connectivity index (χ4n) is 2.16. The Hall–Kier alpha value is -2.62. The van der Waals surface area contributed by atoms with Gasteiger partial charge in [-0.05, 0) is 61.4 Å². The van der Waals surface area contributed by atoms with Gasteiger partial charge in [-0.2, -0.15) is 0 Å². The molecule has 0 aliphatic rings. The SMILES string of the molecule is CC(=O)Nc1ccc(C(=O)Nc2cc(C)cc(C)c2)cc1. The van der Waals surface area contributed by atoms with Gasteiger partial charge in [-0.1, -0.05) is 6.07 Å². The maximum absolute atomic E-state index is 12.2. The highest BCUT2D eigenvalue weighted by atomic mass is 16.2. The molecule has 108 valence electrons. The van der Waals surface area contributed by atoms with Gasteiger partial charge in [-0.25, -0.2) is 0 Å². The fourth-order valence-corrected chi connectivity index (χ4v) is 2.16. The Bertz CT molecular complexity index is 655. The second kappa shape index (κ2) is 6.22. The molecule has 0 aromatic heterocycles. The van der Waals surface area contributed by atoms with Crippen LogP contribution in [0.1, 0.15) is 28.4 Å². The molecule has 2 aromatic carbocycles. The number of nitrogens with one attached hydrogen (secondary N) is 2. The summed E-state index contributed by atoms with van der Waals surface area (Å²) in [6, 6.07) is 12.7. The zero-order valence-electron chi connectivity index (χ0n) is 12.4. The Labute approximate surface area is 124 Å². The summed E-state index contributed by atoms with van der Waals surface area (Å²) in [5, 5.41) is 5.54. The van der Waals surface area contributed by atoms with Crippen LogP contribution in [0, 0.1) is 13.8 Å². The smallest absolute Gasteiger partial charge is 0.255 e. The lowest BCUT2D eigenvalue weighted by molar-refractivity contribution is -0.114. The molecule has 2 rings (SSSR count). The third-order valence-corrected chi connectivity index (χ3v) is 2.95. The number of anilines is 2. The standard InChI is InChI=1S/C17H18N2O2/c1-11-8-12(2)10-16(9-11)19-17(21)14-4-6-15(7-5-14)18-13(3)20/h4-10H,1-3H3,(H,18,20)(H,19,21). The molecule has 0 saturated carbocycles. The molecule has 2 aromatic rings. The third-order valence-electron chi connectivity index (χ3n) is 2.95. The lowest BCUT2D eigenvalue weighted by Crippen LogP contribution is -2.12. The van der Waals surface area contributed by atoms with Crippen LogP contribution in [0.4, 0.5) is 11.4 Å². The van der Waals surface area contributed by atoms with Crippen molar-refractivity contribution < 1.29 is 9.59 Å². The fraction of sp³-hybridized carbons (Fsp3) is 0.176. The van der Waals surface area contributed by atoms with Crippen LogP contribution in [0.25, 0.3) is 0 Å². The van der Waals surface area contributed by atoms with E-state index in [1.54, 1.807) is 24.3 Å². The minimum absolute atomic E-state index is 0.137. The van der Waals surface area contributed by atoms with Gasteiger partial charge >= 0.3 is 0 Å². The van der Waals surface area contributed by atoms with Crippen LogP contribution in [-0.2, 0) is 4.79 Å². The normalized spacial score (nSPS) is 10.0. The maximum Gasteiger partial charge on any atom is 0.255 e. The van der Waals surface area contributed by atoms with E-state index in [-0.39, 0.29) is 11.8 Å². The molecule has 2 N–H and O–H groups in total. The maximum atomic E-state index is 12.2. The minimum atomic E-state index is -0.172. The lowest BCUT2D eigenvalue weighted by Gasteiger charge is -2.08. The van der Waals surface area contributed by atoms with Gasteiger partial charge in [-0.15, -0.1) is 0 Å². The number of benzene rings is 2. The molecule has 0 heterocycles. The highest BCUT2D eigenvalue weighted by Crippen LogP contribution is 2.16. The number of hydrogen-bond donors (Lipinski definition) is 2. The van der Waals surface area contributed by atoms with E-state index in [1.165, 1.54) is 6.92 Å². The molecule has 0 aliphatic carbocycles. The first-order valence-corrected chi connectivity index (χ1v) is 6.71. The van der Waals surface area contributed by atoms with Crippen molar-refractivity contribution in [1.29, 1.82) is 0 Å². The quantitative estimate of drug-likeness (QED) is 0.905. The molecule has 0 bridgehead atoms. The molecule has 21 heavy (non-hydrogen) atoms. The summed E-state index contributed by atoms with van der Waals surface area (Å²) < 4.78 is 0. The molecule has 0 saturated heterocycles. The predicted molar refractivity (Wildman–Crippen MR) is 84.6 cm³/mol. The zero-order valence-corrected chi connectivity index (χ0v) is 12.4. The van der Waals surface area contributed by atoms with Crippen molar-refractivity contribution in [1.82, 2.24) is 0 Å². The zero-order chi connectivity index (χ0) is 15.4. The van der Waals surface area contributed by atoms with Gasteiger partial charge in [0.15, 0.2) is 0 Å². The summed E-state index contributed by atoms with van der Waals surface area (Å²) in [6.07, 6.45) is 0. The Morgan fingerprint density at radius 2 is 1.38 bits per heavy atom. The Balaban J connectivity index is 2.11. The molecule has 2 amide bonds. The third kappa shape index (κ3) is 4.18. The van der Waals surface area contributed by atoms with Crippen LogP contribution in [0.15, 0.2) is 42.5 Å². The van der Waals surface area contributed by atoms with Crippen molar-refractivity contribution >= 4 is 23.2 Å². The first-order valence-electron chi connectivity index (χ1n) is 6.71. The van der Waals surface area contributed by atoms with E-state index < -0.39 is 0 Å². The first-order chi connectivity index (χ1) is 9.94. The largest absolute Gasteiger partial charge is 0.326 e. The van der Waals surface area contributed by atoms with E-state index in [1.807, 2.05) is 26.0 Å². The number of carbonyl (C=O) groups excluding carboxylic acids is 2. The van der Waals surface area contributed by atoms with Crippen LogP contribution in [-0.4, -0.2) is 11.8 Å². The molecular formula is C17H18N2O2. The van der Waals surface area contributed by atoms with Gasteiger partial charge in [0.25, 0.3) is 5.91 Å². The lowest BCUT2D eigenvalue weighted by atomic mass is 10.1. The monoisotopic (exact) mass is 282 g/mol. The summed E-state index contributed by atoms with van der Waals surface area (Å²) >= 11 is 0. The van der Waals surface area contributed by atoms with Crippen molar-refractivity contribution in [3.8, 4) is 0 Å². The highest BCUT2D eigenvalue weighted by Gasteiger charge is 2.07. The molecule has 4 heteroatoms. The van der Waals surface area contributed by atoms with Crippen molar-refractivity contribution in [2.24, 2.45) is 0 Å². The molecule has 0 fully saturated rings. The molecule has 0 unspecified atom stereocenters. The summed E-state index contributed by atoms with van der Waals surface area (Å²) in [5.74, 6) is -0.309. The summed E-state index contributed by atoms with van der Waals surface area (Å²) in [5.41, 5.74) is 4.20. The van der Waals surface area contributed by atoms with E-state index in [0.29, 0.717) is 11.3 Å². The number of rotatable bonds is 3. The van der Waals surface area contributed by atoms with Crippen LogP contribution >= 0.6 is 0 Å². The van der Waals surface area contributed by atoms with Crippen molar-refractivity contribution in [3.63, 3.8) is 0 Å². The van der Waals surface area contributed by atoms with Crippen LogP contribution in [0.2, 0.25) is 0 Å². The molecular weight excluding hydrogens is 264 g/mol. The van der Waals surface area contributed by atoms with Gasteiger partial charge in [0.1, 0.15) is 0 Å². The second-order valence-electron chi connectivity index (χ2n) is 5.09. The average molecular weight is 282 g/mol. The molecule has 4 nitrogen and oxygen atoms in total. The molecule has 0 spiro atoms. The predicted octanol–water partition coefficient (Wildman–Crippen LogP) is 3.51. The van der Waals surface area contributed by atoms with Crippen molar-refractivity contribution in [2.75, 3.05) is 10.6 Å². The average Bonchev–Trinajstić information content (AvgIpc) is 2.37. The number of amides is 2. The van der Waals surface area contributed by atoms with E-state index in [9.17, 15) is 9.59 Å². The van der Waals surface area contributed by atoms with E-state index in [2.05, 4.69) is 16.7 Å². The number of hydrogen-bond acceptors (Lipinski definition) is 2. The minimum Gasteiger partial charge on any atom is -0.326 e. The van der Waals surface area contributed by atoms with Crippen LogP contribution < -0.4 is 10.6 Å². The van der Waals surface area contributed by atoms with E-state index >= 15 is 0 Å². The Kier molecular flexibility index (Phi) is 4.38. The van der Waals surface area contributed by atoms with Crippen LogP contribution in [0.3, 0.4) is 0 Å². The summed E-state index contributed by atoms with van der Waals surface area (Å²) in [6.45, 7) is 5.43. The van der Waals surface area contributed by atoms with Crippen LogP contribution in [0.5, 0.6) is 0 Å². The molecule has 0 atom stereocenters. The van der Waals surface area contributed by atoms with E-state index in [0.717, 1.165) is 16.8 Å². The second-order valence-corrected chi connectivity index (χ2v) is 5.09. The Morgan fingerprint density at radius 3 is 1.90 bits per heavy atom. The first kappa shape index (κ1) is 14.8. The highest BCUT2D eigenvalue weighted by molar-refractivity contribution is 6.04. The Morgan fingerprint density at radius 1 is 0.810 bits per heavy atom. The topological polar surface area (TPSA) is 58.2 Å². The van der Waals surface area contributed by atoms with Crippen molar-refractivity contribution in [2.45, 2.75) is 20.8 Å². The van der Waals surface area contributed by atoms with Crippen molar-refractivity contribution in [3.05, 3.63) is 59.2 Å². The number of carbonyl (C=O) groups is 2. The van der Waals surface area contributed by atoms with Gasteiger partial charge in [0, 0.05) is 23.9 Å². The molecule has 0 aliphatic heterocycles. The molecule has 0 radical (unpaired) electrons. The van der Waals surface area contributed by atoms with Gasteiger partial charge < -0.3 is 10.6 Å². The number of aryl methyl sites for hydroxylation is 2. The summed E-state index contributed by atoms with van der Waals surface area (Å²) in [4.78, 5) is 23.1.